The lowest BCUT2D eigenvalue weighted by Crippen LogP contribution is -2.12. The third-order valence-electron chi connectivity index (χ3n) is 4.42. The van der Waals surface area contributed by atoms with Gasteiger partial charge in [-0.25, -0.2) is 4.79 Å². The van der Waals surface area contributed by atoms with Crippen LogP contribution in [0.3, 0.4) is 0 Å². The maximum atomic E-state index is 11.1. The van der Waals surface area contributed by atoms with Gasteiger partial charge in [-0.3, -0.25) is 0 Å². The molecule has 0 aromatic rings. The second-order valence-corrected chi connectivity index (χ2v) is 6.56. The third kappa shape index (κ3) is 4.32. The normalized spacial score (nSPS) is 35.8. The highest BCUT2D eigenvalue weighted by Crippen LogP contribution is 2.44. The number of rotatable bonds is 8. The fraction of sp³-hybridized carbons (Fsp3) is 0.812. The Morgan fingerprint density at radius 1 is 1.40 bits per heavy atom. The van der Waals surface area contributed by atoms with E-state index in [9.17, 15) is 4.79 Å². The molecule has 2 saturated heterocycles. The molecule has 2 heterocycles. The van der Waals surface area contributed by atoms with E-state index in [-0.39, 0.29) is 17.2 Å². The molecule has 0 radical (unpaired) electrons. The summed E-state index contributed by atoms with van der Waals surface area (Å²) >= 11 is 0. The minimum Gasteiger partial charge on any atom is -0.466 e. The van der Waals surface area contributed by atoms with Crippen LogP contribution in [0.2, 0.25) is 0 Å². The fourth-order valence-corrected chi connectivity index (χ4v) is 2.65. The van der Waals surface area contributed by atoms with Crippen LogP contribution in [-0.2, 0) is 19.0 Å². The number of epoxide rings is 2. The molecule has 20 heavy (non-hydrogen) atoms. The van der Waals surface area contributed by atoms with Crippen LogP contribution < -0.4 is 0 Å². The van der Waals surface area contributed by atoms with Crippen molar-refractivity contribution in [2.45, 2.75) is 70.2 Å². The Kier molecular flexibility index (Phi) is 4.55. The quantitative estimate of drug-likeness (QED) is 0.390. The van der Waals surface area contributed by atoms with Crippen molar-refractivity contribution >= 4 is 5.97 Å². The van der Waals surface area contributed by atoms with Crippen LogP contribution in [0.25, 0.3) is 0 Å². The van der Waals surface area contributed by atoms with Crippen LogP contribution >= 0.6 is 0 Å². The summed E-state index contributed by atoms with van der Waals surface area (Å²) in [5.74, 6) is -0.278. The largest absolute Gasteiger partial charge is 0.466 e. The van der Waals surface area contributed by atoms with Crippen LogP contribution in [0.15, 0.2) is 11.6 Å². The smallest absolute Gasteiger partial charge is 0.330 e. The Bertz CT molecular complexity index is 397. The van der Waals surface area contributed by atoms with Crippen molar-refractivity contribution < 1.29 is 19.0 Å². The molecule has 3 unspecified atom stereocenters. The Labute approximate surface area is 121 Å². The second-order valence-electron chi connectivity index (χ2n) is 6.56. The second kappa shape index (κ2) is 5.86. The van der Waals surface area contributed by atoms with Crippen molar-refractivity contribution in [3.63, 3.8) is 0 Å². The Hall–Kier alpha value is -0.870. The lowest BCUT2D eigenvalue weighted by Gasteiger charge is -2.08. The molecular weight excluding hydrogens is 256 g/mol. The number of ether oxygens (including phenoxy) is 3. The summed E-state index contributed by atoms with van der Waals surface area (Å²) in [5.41, 5.74) is 1.24. The Morgan fingerprint density at radius 2 is 2.10 bits per heavy atom. The molecule has 2 aliphatic rings. The maximum absolute atomic E-state index is 11.1. The lowest BCUT2D eigenvalue weighted by atomic mass is 9.94. The monoisotopic (exact) mass is 282 g/mol. The number of carbonyl (C=O) groups is 1. The van der Waals surface area contributed by atoms with Gasteiger partial charge in [0.05, 0.1) is 31.0 Å². The highest BCUT2D eigenvalue weighted by molar-refractivity contribution is 5.82. The number of esters is 1. The predicted octanol–water partition coefficient (Wildman–Crippen LogP) is 3.00. The molecule has 2 aliphatic heterocycles. The first-order chi connectivity index (χ1) is 9.37. The predicted molar refractivity (Wildman–Crippen MR) is 76.5 cm³/mol. The van der Waals surface area contributed by atoms with E-state index in [2.05, 4.69) is 18.6 Å². The first-order valence-electron chi connectivity index (χ1n) is 7.44. The van der Waals surface area contributed by atoms with Gasteiger partial charge in [0.1, 0.15) is 0 Å². The van der Waals surface area contributed by atoms with Crippen LogP contribution in [0, 0.1) is 0 Å². The molecule has 0 aromatic carbocycles. The molecule has 0 aliphatic carbocycles. The molecule has 4 heteroatoms. The van der Waals surface area contributed by atoms with Gasteiger partial charge in [0.25, 0.3) is 0 Å². The standard InChI is InChI=1S/C16H26O4/c1-12(10-14(17)18-4)6-7-13-16(3,20-13)9-5-8-15(2)11-19-15/h10,13H,5-9,11H2,1-4H3. The van der Waals surface area contributed by atoms with Crippen LogP contribution in [0.5, 0.6) is 0 Å². The van der Waals surface area contributed by atoms with Crippen molar-refractivity contribution in [3.8, 4) is 0 Å². The summed E-state index contributed by atoms with van der Waals surface area (Å²) in [6, 6.07) is 0. The Morgan fingerprint density at radius 3 is 2.70 bits per heavy atom. The van der Waals surface area contributed by atoms with Gasteiger partial charge < -0.3 is 14.2 Å². The topological polar surface area (TPSA) is 51.4 Å². The highest BCUT2D eigenvalue weighted by Gasteiger charge is 2.51. The summed E-state index contributed by atoms with van der Waals surface area (Å²) < 4.78 is 15.8. The summed E-state index contributed by atoms with van der Waals surface area (Å²) in [5, 5.41) is 0. The van der Waals surface area contributed by atoms with Crippen molar-refractivity contribution in [3.05, 3.63) is 11.6 Å². The maximum Gasteiger partial charge on any atom is 0.330 e. The molecular formula is C16H26O4. The van der Waals surface area contributed by atoms with Crippen molar-refractivity contribution in [2.24, 2.45) is 0 Å². The van der Waals surface area contributed by atoms with E-state index in [0.717, 1.165) is 44.3 Å². The van der Waals surface area contributed by atoms with Gasteiger partial charge in [0.15, 0.2) is 0 Å². The zero-order valence-electron chi connectivity index (χ0n) is 13.0. The van der Waals surface area contributed by atoms with E-state index in [1.54, 1.807) is 6.08 Å². The fourth-order valence-electron chi connectivity index (χ4n) is 2.65. The Balaban J connectivity index is 1.63. The minimum atomic E-state index is -0.278. The van der Waals surface area contributed by atoms with E-state index in [1.807, 2.05) is 6.92 Å². The lowest BCUT2D eigenvalue weighted by molar-refractivity contribution is -0.134. The molecule has 114 valence electrons. The summed E-state index contributed by atoms with van der Waals surface area (Å²) in [4.78, 5) is 11.1. The minimum absolute atomic E-state index is 0.0385. The number of allylic oxidation sites excluding steroid dienone is 1. The third-order valence-corrected chi connectivity index (χ3v) is 4.42. The highest BCUT2D eigenvalue weighted by atomic mass is 16.6. The average molecular weight is 282 g/mol. The zero-order valence-corrected chi connectivity index (χ0v) is 13.0. The van der Waals surface area contributed by atoms with Gasteiger partial charge >= 0.3 is 5.97 Å². The molecule has 2 rings (SSSR count). The van der Waals surface area contributed by atoms with Crippen molar-refractivity contribution in [1.29, 1.82) is 0 Å². The van der Waals surface area contributed by atoms with Crippen molar-refractivity contribution in [2.75, 3.05) is 13.7 Å². The molecule has 3 atom stereocenters. The van der Waals surface area contributed by atoms with Gasteiger partial charge in [-0.05, 0) is 52.9 Å². The van der Waals surface area contributed by atoms with Gasteiger partial charge in [-0.2, -0.15) is 0 Å². The number of methoxy groups -OCH3 is 1. The molecule has 4 nitrogen and oxygen atoms in total. The summed E-state index contributed by atoms with van der Waals surface area (Å²) in [6.07, 6.45) is 7.12. The van der Waals surface area contributed by atoms with E-state index in [4.69, 9.17) is 9.47 Å². The number of hydrogen-bond donors (Lipinski definition) is 0. The van der Waals surface area contributed by atoms with Gasteiger partial charge in [-0.1, -0.05) is 5.57 Å². The molecule has 0 amide bonds. The molecule has 0 saturated carbocycles. The van der Waals surface area contributed by atoms with Crippen LogP contribution in [0.4, 0.5) is 0 Å². The zero-order chi connectivity index (χ0) is 14.8. The molecule has 0 aromatic heterocycles. The molecule has 0 spiro atoms. The summed E-state index contributed by atoms with van der Waals surface area (Å²) in [7, 11) is 1.40. The van der Waals surface area contributed by atoms with E-state index < -0.39 is 0 Å². The van der Waals surface area contributed by atoms with Crippen LogP contribution in [-0.4, -0.2) is 37.0 Å². The molecule has 0 N–H and O–H groups in total. The average Bonchev–Trinajstić information content (AvgIpc) is 3.27. The van der Waals surface area contributed by atoms with Gasteiger partial charge in [0, 0.05) is 6.08 Å². The van der Waals surface area contributed by atoms with E-state index in [0.29, 0.717) is 6.10 Å². The van der Waals surface area contributed by atoms with E-state index >= 15 is 0 Å². The summed E-state index contributed by atoms with van der Waals surface area (Å²) in [6.45, 7) is 7.22. The van der Waals surface area contributed by atoms with Gasteiger partial charge in [-0.15, -0.1) is 0 Å². The molecule has 2 fully saturated rings. The number of carbonyl (C=O) groups excluding carboxylic acids is 1. The van der Waals surface area contributed by atoms with Crippen molar-refractivity contribution in [1.82, 2.24) is 0 Å². The first kappa shape index (κ1) is 15.5. The van der Waals surface area contributed by atoms with Crippen LogP contribution in [0.1, 0.15) is 52.9 Å². The SMILES string of the molecule is COC(=O)C=C(C)CCC1OC1(C)CCCC1(C)CO1. The number of hydrogen-bond acceptors (Lipinski definition) is 4. The molecule has 0 bridgehead atoms. The van der Waals surface area contributed by atoms with Gasteiger partial charge in [0.2, 0.25) is 0 Å². The first-order valence-corrected chi connectivity index (χ1v) is 7.44. The van der Waals surface area contributed by atoms with E-state index in [1.165, 1.54) is 7.11 Å².